The Balaban J connectivity index is 1.96. The molecule has 1 heterocycles. The summed E-state index contributed by atoms with van der Waals surface area (Å²) in [5.41, 5.74) is 0.661. The minimum Gasteiger partial charge on any atom is -0.493 e. The van der Waals surface area contributed by atoms with Crippen molar-refractivity contribution in [1.82, 2.24) is 9.97 Å². The van der Waals surface area contributed by atoms with Gasteiger partial charge in [-0.25, -0.2) is 14.8 Å². The van der Waals surface area contributed by atoms with Gasteiger partial charge in [0.05, 0.1) is 25.1 Å². The van der Waals surface area contributed by atoms with E-state index in [9.17, 15) is 9.59 Å². The molecule has 26 heavy (non-hydrogen) atoms. The molecule has 8 heteroatoms. The molecule has 0 unspecified atom stereocenters. The normalized spacial score (nSPS) is 10.4. The molecule has 0 aliphatic heterocycles. The number of carboxylic acid groups (broad SMARTS) is 1. The standard InChI is InChI=1S/C18H14N2O6/c1-24-14-7-12-13(8-15(14)25-2)19-9-20-17(12)26-11-5-3-10(4-6-11)16(21)18(22)23/h3-9H,1-2H3,(H,22,23). The van der Waals surface area contributed by atoms with Gasteiger partial charge in [-0.05, 0) is 30.3 Å². The molecule has 132 valence electrons. The number of benzene rings is 2. The van der Waals surface area contributed by atoms with Crippen LogP contribution in [0.3, 0.4) is 0 Å². The van der Waals surface area contributed by atoms with E-state index in [0.29, 0.717) is 28.2 Å². The minimum atomic E-state index is -1.51. The maximum absolute atomic E-state index is 11.4. The van der Waals surface area contributed by atoms with Crippen molar-refractivity contribution in [3.8, 4) is 23.1 Å². The molecule has 1 aromatic heterocycles. The zero-order valence-corrected chi connectivity index (χ0v) is 13.9. The van der Waals surface area contributed by atoms with Crippen LogP contribution in [0.5, 0.6) is 23.1 Å². The number of ether oxygens (including phenoxy) is 3. The van der Waals surface area contributed by atoms with E-state index in [4.69, 9.17) is 19.3 Å². The number of fused-ring (bicyclic) bond motifs is 1. The van der Waals surface area contributed by atoms with Gasteiger partial charge in [0.1, 0.15) is 12.1 Å². The second-order valence-corrected chi connectivity index (χ2v) is 5.16. The molecule has 0 aliphatic carbocycles. The number of carbonyl (C=O) groups excluding carboxylic acids is 1. The Kier molecular flexibility index (Phi) is 4.66. The van der Waals surface area contributed by atoms with Crippen molar-refractivity contribution < 1.29 is 28.9 Å². The molecule has 0 bridgehead atoms. The van der Waals surface area contributed by atoms with E-state index in [2.05, 4.69) is 9.97 Å². The van der Waals surface area contributed by atoms with Crippen LogP contribution in [0.15, 0.2) is 42.7 Å². The van der Waals surface area contributed by atoms with Crippen LogP contribution in [0.2, 0.25) is 0 Å². The van der Waals surface area contributed by atoms with Gasteiger partial charge in [0.2, 0.25) is 5.88 Å². The fourth-order valence-corrected chi connectivity index (χ4v) is 2.35. The van der Waals surface area contributed by atoms with Gasteiger partial charge in [0.25, 0.3) is 5.78 Å². The first kappa shape index (κ1) is 17.2. The Morgan fingerprint density at radius 2 is 1.62 bits per heavy atom. The highest BCUT2D eigenvalue weighted by Gasteiger charge is 2.15. The second-order valence-electron chi connectivity index (χ2n) is 5.16. The van der Waals surface area contributed by atoms with E-state index in [1.54, 1.807) is 12.1 Å². The monoisotopic (exact) mass is 354 g/mol. The van der Waals surface area contributed by atoms with Crippen LogP contribution in [0, 0.1) is 0 Å². The summed E-state index contributed by atoms with van der Waals surface area (Å²) in [6, 6.07) is 9.14. The number of aromatic nitrogens is 2. The topological polar surface area (TPSA) is 108 Å². The number of carbonyl (C=O) groups is 2. The van der Waals surface area contributed by atoms with Crippen LogP contribution >= 0.6 is 0 Å². The molecule has 0 spiro atoms. The van der Waals surface area contributed by atoms with Gasteiger partial charge in [0.15, 0.2) is 11.5 Å². The lowest BCUT2D eigenvalue weighted by atomic mass is 10.1. The molecular formula is C18H14N2O6. The van der Waals surface area contributed by atoms with Gasteiger partial charge in [0, 0.05) is 11.6 Å². The first-order valence-corrected chi connectivity index (χ1v) is 7.45. The minimum absolute atomic E-state index is 0.0591. The van der Waals surface area contributed by atoms with Gasteiger partial charge in [-0.2, -0.15) is 0 Å². The molecule has 3 aromatic rings. The van der Waals surface area contributed by atoms with Crippen LogP contribution in [0.1, 0.15) is 10.4 Å². The van der Waals surface area contributed by atoms with E-state index in [1.807, 2.05) is 0 Å². The third kappa shape index (κ3) is 3.25. The summed E-state index contributed by atoms with van der Waals surface area (Å²) in [5.74, 6) is -0.791. The number of nitrogens with zero attached hydrogens (tertiary/aromatic N) is 2. The molecule has 0 amide bonds. The van der Waals surface area contributed by atoms with Crippen LogP contribution < -0.4 is 14.2 Å². The number of hydrogen-bond donors (Lipinski definition) is 1. The first-order valence-electron chi connectivity index (χ1n) is 7.45. The molecular weight excluding hydrogens is 340 g/mol. The average Bonchev–Trinajstić information content (AvgIpc) is 2.67. The van der Waals surface area contributed by atoms with E-state index < -0.39 is 11.8 Å². The molecule has 8 nitrogen and oxygen atoms in total. The molecule has 1 N–H and O–H groups in total. The number of hydrogen-bond acceptors (Lipinski definition) is 7. The lowest BCUT2D eigenvalue weighted by Gasteiger charge is -2.11. The summed E-state index contributed by atoms with van der Waals surface area (Å²) in [6.45, 7) is 0. The largest absolute Gasteiger partial charge is 0.493 e. The van der Waals surface area contributed by atoms with E-state index in [1.165, 1.54) is 44.8 Å². The quantitative estimate of drug-likeness (QED) is 0.532. The van der Waals surface area contributed by atoms with Crippen molar-refractivity contribution in [3.05, 3.63) is 48.3 Å². The van der Waals surface area contributed by atoms with E-state index in [-0.39, 0.29) is 11.4 Å². The van der Waals surface area contributed by atoms with Crippen LogP contribution in [0.4, 0.5) is 0 Å². The highest BCUT2D eigenvalue weighted by atomic mass is 16.5. The van der Waals surface area contributed by atoms with Crippen molar-refractivity contribution >= 4 is 22.7 Å². The average molecular weight is 354 g/mol. The summed E-state index contributed by atoms with van der Waals surface area (Å²) in [4.78, 5) is 30.5. The maximum atomic E-state index is 11.4. The number of aliphatic carboxylic acids is 1. The summed E-state index contributed by atoms with van der Waals surface area (Å²) in [7, 11) is 3.05. The van der Waals surface area contributed by atoms with Gasteiger partial charge < -0.3 is 19.3 Å². The van der Waals surface area contributed by atoms with Crippen LogP contribution in [-0.4, -0.2) is 41.0 Å². The van der Waals surface area contributed by atoms with Gasteiger partial charge >= 0.3 is 5.97 Å². The molecule has 0 saturated heterocycles. The Morgan fingerprint density at radius 1 is 0.962 bits per heavy atom. The van der Waals surface area contributed by atoms with Gasteiger partial charge in [-0.1, -0.05) is 0 Å². The molecule has 0 atom stereocenters. The highest BCUT2D eigenvalue weighted by molar-refractivity contribution is 6.39. The van der Waals surface area contributed by atoms with Gasteiger partial charge in [-0.3, -0.25) is 4.79 Å². The summed E-state index contributed by atoms with van der Waals surface area (Å²) >= 11 is 0. The first-order chi connectivity index (χ1) is 12.5. The van der Waals surface area contributed by atoms with Crippen LogP contribution in [-0.2, 0) is 4.79 Å². The predicted octanol–water partition coefficient (Wildman–Crippen LogP) is 2.71. The molecule has 0 aliphatic rings. The fraction of sp³-hybridized carbons (Fsp3) is 0.111. The van der Waals surface area contributed by atoms with E-state index >= 15 is 0 Å². The second kappa shape index (κ2) is 7.06. The summed E-state index contributed by atoms with van der Waals surface area (Å²) < 4.78 is 16.3. The van der Waals surface area contributed by atoms with Crippen LogP contribution in [0.25, 0.3) is 10.9 Å². The van der Waals surface area contributed by atoms with Crippen molar-refractivity contribution in [1.29, 1.82) is 0 Å². The Bertz CT molecular complexity index is 985. The fourth-order valence-electron chi connectivity index (χ4n) is 2.35. The third-order valence-electron chi connectivity index (χ3n) is 3.63. The summed E-state index contributed by atoms with van der Waals surface area (Å²) in [5, 5.41) is 9.34. The number of rotatable bonds is 6. The maximum Gasteiger partial charge on any atom is 0.377 e. The van der Waals surface area contributed by atoms with Crippen molar-refractivity contribution in [2.75, 3.05) is 14.2 Å². The predicted molar refractivity (Wildman–Crippen MR) is 91.1 cm³/mol. The van der Waals surface area contributed by atoms with Gasteiger partial charge in [-0.15, -0.1) is 0 Å². The number of Topliss-reactive ketones (excluding diaryl/α,β-unsaturated/α-hetero) is 1. The summed E-state index contributed by atoms with van der Waals surface area (Å²) in [6.07, 6.45) is 1.35. The lowest BCUT2D eigenvalue weighted by molar-refractivity contribution is -0.131. The lowest BCUT2D eigenvalue weighted by Crippen LogP contribution is -2.12. The van der Waals surface area contributed by atoms with E-state index in [0.717, 1.165) is 0 Å². The smallest absolute Gasteiger partial charge is 0.377 e. The van der Waals surface area contributed by atoms with Crippen molar-refractivity contribution in [3.63, 3.8) is 0 Å². The molecule has 3 rings (SSSR count). The Morgan fingerprint density at radius 3 is 2.23 bits per heavy atom. The Hall–Kier alpha value is -3.68. The van der Waals surface area contributed by atoms with Crippen molar-refractivity contribution in [2.45, 2.75) is 0 Å². The number of methoxy groups -OCH3 is 2. The highest BCUT2D eigenvalue weighted by Crippen LogP contribution is 2.35. The molecule has 2 aromatic carbocycles. The third-order valence-corrected chi connectivity index (χ3v) is 3.63. The zero-order valence-electron chi connectivity index (χ0n) is 13.9. The molecule has 0 fully saturated rings. The SMILES string of the molecule is COc1cc2ncnc(Oc3ccc(C(=O)C(=O)O)cc3)c2cc1OC. The molecule has 0 saturated carbocycles. The zero-order chi connectivity index (χ0) is 18.7. The number of ketones is 1. The number of carboxylic acids is 1. The Labute approximate surface area is 148 Å². The molecule has 0 radical (unpaired) electrons. The van der Waals surface area contributed by atoms with Crippen molar-refractivity contribution in [2.24, 2.45) is 0 Å².